The Morgan fingerprint density at radius 3 is 2.37 bits per heavy atom. The van der Waals surface area contributed by atoms with E-state index in [2.05, 4.69) is 26.8 Å². The predicted molar refractivity (Wildman–Crippen MR) is 108 cm³/mol. The van der Waals surface area contributed by atoms with Crippen molar-refractivity contribution < 1.29 is 14.3 Å². The molecular weight excluding hydrogens is 408 g/mol. The lowest BCUT2D eigenvalue weighted by Crippen LogP contribution is -2.43. The van der Waals surface area contributed by atoms with Crippen LogP contribution in [0.2, 0.25) is 0 Å². The molecule has 2 amide bonds. The van der Waals surface area contributed by atoms with Crippen LogP contribution in [0.5, 0.6) is 5.75 Å². The number of hydrazine groups is 1. The monoisotopic (exact) mass is 426 g/mol. The molecule has 6 heteroatoms. The predicted octanol–water partition coefficient (Wildman–Crippen LogP) is 3.76. The summed E-state index contributed by atoms with van der Waals surface area (Å²) in [6.07, 6.45) is 0.907. The van der Waals surface area contributed by atoms with Gasteiger partial charge in [0.05, 0.1) is 4.47 Å². The number of fused-ring (bicyclic) bond motifs is 1. The van der Waals surface area contributed by atoms with E-state index in [1.165, 1.54) is 0 Å². The van der Waals surface area contributed by atoms with Gasteiger partial charge in [-0.25, -0.2) is 0 Å². The standard InChI is InChI=1S/C21H19BrN2O3/c22-21-17-9-5-4-8-16(17)11-12-18(21)27-14-20(26)24-23-19(25)13-10-15-6-2-1-3-7-15/h1-9,11-12H,10,13-14H2,(H,23,25)(H,24,26). The molecule has 3 aromatic rings. The number of halogens is 1. The van der Waals surface area contributed by atoms with E-state index in [-0.39, 0.29) is 12.5 Å². The number of benzene rings is 3. The molecule has 2 N–H and O–H groups in total. The number of amides is 2. The molecule has 0 aromatic heterocycles. The van der Waals surface area contributed by atoms with E-state index in [0.29, 0.717) is 18.6 Å². The van der Waals surface area contributed by atoms with Crippen molar-refractivity contribution in [3.8, 4) is 5.75 Å². The van der Waals surface area contributed by atoms with Gasteiger partial charge in [-0.1, -0.05) is 60.7 Å². The maximum atomic E-state index is 11.9. The summed E-state index contributed by atoms with van der Waals surface area (Å²) >= 11 is 3.51. The molecule has 0 bridgehead atoms. The van der Waals surface area contributed by atoms with Crippen molar-refractivity contribution in [1.29, 1.82) is 0 Å². The summed E-state index contributed by atoms with van der Waals surface area (Å²) in [5, 5.41) is 2.08. The summed E-state index contributed by atoms with van der Waals surface area (Å²) in [4.78, 5) is 23.7. The summed E-state index contributed by atoms with van der Waals surface area (Å²) in [5.74, 6) is -0.110. The van der Waals surface area contributed by atoms with Crippen LogP contribution >= 0.6 is 15.9 Å². The number of carbonyl (C=O) groups is 2. The summed E-state index contributed by atoms with van der Waals surface area (Å²) < 4.78 is 6.35. The molecule has 3 aromatic carbocycles. The first-order valence-corrected chi connectivity index (χ1v) is 9.34. The van der Waals surface area contributed by atoms with Crippen molar-refractivity contribution in [3.05, 3.63) is 76.8 Å². The van der Waals surface area contributed by atoms with Gasteiger partial charge in [0, 0.05) is 6.42 Å². The maximum absolute atomic E-state index is 11.9. The van der Waals surface area contributed by atoms with Crippen LogP contribution in [0.3, 0.4) is 0 Å². The SMILES string of the molecule is O=C(CCc1ccccc1)NNC(=O)COc1ccc2ccccc2c1Br. The summed E-state index contributed by atoms with van der Waals surface area (Å²) in [6.45, 7) is -0.199. The minimum absolute atomic E-state index is 0.199. The van der Waals surface area contributed by atoms with Crippen LogP contribution in [0, 0.1) is 0 Å². The fraction of sp³-hybridized carbons (Fsp3) is 0.143. The number of hydrogen-bond acceptors (Lipinski definition) is 3. The van der Waals surface area contributed by atoms with E-state index in [9.17, 15) is 9.59 Å². The second-order valence-corrected chi connectivity index (χ2v) is 6.76. The molecule has 0 aliphatic carbocycles. The topological polar surface area (TPSA) is 67.4 Å². The lowest BCUT2D eigenvalue weighted by atomic mass is 10.1. The normalized spacial score (nSPS) is 10.4. The Labute approximate surface area is 165 Å². The summed E-state index contributed by atoms with van der Waals surface area (Å²) in [5.41, 5.74) is 5.84. The first-order valence-electron chi connectivity index (χ1n) is 8.55. The molecule has 0 aliphatic heterocycles. The Kier molecular flexibility index (Phi) is 6.44. The fourth-order valence-electron chi connectivity index (χ4n) is 2.61. The van der Waals surface area contributed by atoms with Gasteiger partial charge >= 0.3 is 0 Å². The van der Waals surface area contributed by atoms with Crippen LogP contribution in [0.15, 0.2) is 71.2 Å². The van der Waals surface area contributed by atoms with Crippen molar-refractivity contribution in [1.82, 2.24) is 10.9 Å². The van der Waals surface area contributed by atoms with Crippen LogP contribution in [-0.2, 0) is 16.0 Å². The van der Waals surface area contributed by atoms with Crippen LogP contribution in [0.4, 0.5) is 0 Å². The lowest BCUT2D eigenvalue weighted by molar-refractivity contribution is -0.130. The van der Waals surface area contributed by atoms with Gasteiger partial charge in [0.25, 0.3) is 5.91 Å². The van der Waals surface area contributed by atoms with Gasteiger partial charge in [0.1, 0.15) is 5.75 Å². The Morgan fingerprint density at radius 2 is 1.56 bits per heavy atom. The Hall–Kier alpha value is -2.86. The molecule has 0 heterocycles. The van der Waals surface area contributed by atoms with E-state index >= 15 is 0 Å². The second kappa shape index (κ2) is 9.19. The van der Waals surface area contributed by atoms with Crippen molar-refractivity contribution in [2.45, 2.75) is 12.8 Å². The lowest BCUT2D eigenvalue weighted by Gasteiger charge is -2.11. The van der Waals surface area contributed by atoms with Crippen LogP contribution in [0.1, 0.15) is 12.0 Å². The maximum Gasteiger partial charge on any atom is 0.276 e. The molecule has 5 nitrogen and oxygen atoms in total. The third kappa shape index (κ3) is 5.31. The van der Waals surface area contributed by atoms with E-state index in [4.69, 9.17) is 4.74 Å². The van der Waals surface area contributed by atoms with Crippen molar-refractivity contribution in [2.75, 3.05) is 6.61 Å². The average Bonchev–Trinajstić information content (AvgIpc) is 2.71. The summed E-state index contributed by atoms with van der Waals surface area (Å²) in [6, 6.07) is 21.3. The molecule has 27 heavy (non-hydrogen) atoms. The molecule has 0 spiro atoms. The smallest absolute Gasteiger partial charge is 0.276 e. The zero-order chi connectivity index (χ0) is 19.1. The molecule has 0 radical (unpaired) electrons. The van der Waals surface area contributed by atoms with Crippen LogP contribution in [-0.4, -0.2) is 18.4 Å². The van der Waals surface area contributed by atoms with Crippen LogP contribution in [0.25, 0.3) is 10.8 Å². The van der Waals surface area contributed by atoms with Gasteiger partial charge in [0.2, 0.25) is 5.91 Å². The summed E-state index contributed by atoms with van der Waals surface area (Å²) in [7, 11) is 0. The van der Waals surface area contributed by atoms with Crippen molar-refractivity contribution in [3.63, 3.8) is 0 Å². The van der Waals surface area contributed by atoms with E-state index in [1.807, 2.05) is 60.7 Å². The molecule has 0 saturated carbocycles. The number of rotatable bonds is 6. The number of nitrogens with one attached hydrogen (secondary N) is 2. The number of hydrogen-bond donors (Lipinski definition) is 2. The molecule has 3 rings (SSSR count). The van der Waals surface area contributed by atoms with Crippen LogP contribution < -0.4 is 15.6 Å². The third-order valence-corrected chi connectivity index (χ3v) is 4.83. The molecule has 0 aliphatic rings. The van der Waals surface area contributed by atoms with E-state index in [1.54, 1.807) is 6.07 Å². The fourth-order valence-corrected chi connectivity index (χ4v) is 3.22. The quantitative estimate of drug-likeness (QED) is 0.589. The molecule has 0 fully saturated rings. The third-order valence-electron chi connectivity index (χ3n) is 4.01. The van der Waals surface area contributed by atoms with E-state index < -0.39 is 5.91 Å². The Balaban J connectivity index is 1.44. The highest BCUT2D eigenvalue weighted by Crippen LogP contribution is 2.32. The van der Waals surface area contributed by atoms with Gasteiger partial charge < -0.3 is 4.74 Å². The number of aryl methyl sites for hydroxylation is 1. The first-order chi connectivity index (χ1) is 13.1. The molecular formula is C21H19BrN2O3. The zero-order valence-electron chi connectivity index (χ0n) is 14.6. The largest absolute Gasteiger partial charge is 0.483 e. The highest BCUT2D eigenvalue weighted by atomic mass is 79.9. The minimum atomic E-state index is -0.428. The average molecular weight is 427 g/mol. The second-order valence-electron chi connectivity index (χ2n) is 5.97. The highest BCUT2D eigenvalue weighted by molar-refractivity contribution is 9.10. The van der Waals surface area contributed by atoms with Crippen molar-refractivity contribution in [2.24, 2.45) is 0 Å². The van der Waals surface area contributed by atoms with Gasteiger partial charge in [-0.2, -0.15) is 0 Å². The number of ether oxygens (including phenoxy) is 1. The van der Waals surface area contributed by atoms with Gasteiger partial charge in [-0.3, -0.25) is 20.4 Å². The first kappa shape index (κ1) is 18.9. The van der Waals surface area contributed by atoms with Gasteiger partial charge in [0.15, 0.2) is 6.61 Å². The van der Waals surface area contributed by atoms with Gasteiger partial charge in [-0.05, 0) is 44.8 Å². The minimum Gasteiger partial charge on any atom is -0.483 e. The highest BCUT2D eigenvalue weighted by Gasteiger charge is 2.09. The van der Waals surface area contributed by atoms with Gasteiger partial charge in [-0.15, -0.1) is 0 Å². The molecule has 0 saturated heterocycles. The van der Waals surface area contributed by atoms with Crippen molar-refractivity contribution >= 4 is 38.5 Å². The molecule has 138 valence electrons. The Bertz CT molecular complexity index is 945. The van der Waals surface area contributed by atoms with E-state index in [0.717, 1.165) is 20.8 Å². The molecule has 0 atom stereocenters. The molecule has 0 unspecified atom stereocenters. The Morgan fingerprint density at radius 1 is 0.852 bits per heavy atom. The zero-order valence-corrected chi connectivity index (χ0v) is 16.2. The number of carbonyl (C=O) groups excluding carboxylic acids is 2.